The second-order valence-corrected chi connectivity index (χ2v) is 8.24. The lowest BCUT2D eigenvalue weighted by Gasteiger charge is -2.32. The number of primary amides is 1. The maximum absolute atomic E-state index is 12.6. The van der Waals surface area contributed by atoms with Crippen molar-refractivity contribution in [3.05, 3.63) is 59.7 Å². The van der Waals surface area contributed by atoms with Crippen molar-refractivity contribution in [2.75, 3.05) is 13.1 Å². The van der Waals surface area contributed by atoms with E-state index < -0.39 is 5.91 Å². The summed E-state index contributed by atoms with van der Waals surface area (Å²) >= 11 is 0. The predicted molar refractivity (Wildman–Crippen MR) is 118 cm³/mol. The number of nitrogens with two attached hydrogens (primary N) is 1. The number of carbonyl (C=O) groups excluding carboxylic acids is 3. The Morgan fingerprint density at radius 3 is 1.97 bits per heavy atom. The molecular formula is C24H29N3O4. The van der Waals surface area contributed by atoms with Gasteiger partial charge in [-0.3, -0.25) is 14.4 Å². The lowest BCUT2D eigenvalue weighted by molar-refractivity contribution is -0.133. The average Bonchev–Trinajstić information content (AvgIpc) is 2.74. The molecule has 164 valence electrons. The molecule has 3 N–H and O–H groups in total. The van der Waals surface area contributed by atoms with E-state index in [0.29, 0.717) is 48.1 Å². The zero-order valence-electron chi connectivity index (χ0n) is 18.0. The third kappa shape index (κ3) is 6.31. The zero-order chi connectivity index (χ0) is 22.4. The number of ether oxygens (including phenoxy) is 1. The Balaban J connectivity index is 1.49. The molecule has 31 heavy (non-hydrogen) atoms. The highest BCUT2D eigenvalue weighted by molar-refractivity contribution is 5.94. The Labute approximate surface area is 182 Å². The number of hydrogen-bond acceptors (Lipinski definition) is 4. The zero-order valence-corrected chi connectivity index (χ0v) is 18.0. The largest absolute Gasteiger partial charge is 0.457 e. The number of hydrogen-bond donors (Lipinski definition) is 2. The molecule has 7 nitrogen and oxygen atoms in total. The summed E-state index contributed by atoms with van der Waals surface area (Å²) in [4.78, 5) is 37.8. The van der Waals surface area contributed by atoms with Gasteiger partial charge in [0.05, 0.1) is 0 Å². The van der Waals surface area contributed by atoms with Gasteiger partial charge in [-0.1, -0.05) is 13.8 Å². The third-order valence-electron chi connectivity index (χ3n) is 5.26. The van der Waals surface area contributed by atoms with Gasteiger partial charge in [0.1, 0.15) is 11.5 Å². The number of amides is 3. The van der Waals surface area contributed by atoms with Gasteiger partial charge >= 0.3 is 0 Å². The first-order chi connectivity index (χ1) is 14.8. The Kier molecular flexibility index (Phi) is 7.28. The van der Waals surface area contributed by atoms with Gasteiger partial charge in [0.25, 0.3) is 5.91 Å². The molecule has 1 aliphatic rings. The minimum absolute atomic E-state index is 0.0651. The second kappa shape index (κ2) is 10.1. The lowest BCUT2D eigenvalue weighted by atomic mass is 10.0. The summed E-state index contributed by atoms with van der Waals surface area (Å²) in [5.74, 6) is 1.08. The summed E-state index contributed by atoms with van der Waals surface area (Å²) in [6.45, 7) is 5.44. The van der Waals surface area contributed by atoms with Crippen molar-refractivity contribution >= 4 is 17.7 Å². The molecular weight excluding hydrogens is 394 g/mol. The molecule has 2 aromatic carbocycles. The number of carbonyl (C=O) groups is 3. The molecule has 0 saturated carbocycles. The minimum Gasteiger partial charge on any atom is -0.457 e. The first kappa shape index (κ1) is 22.3. The molecule has 0 aliphatic carbocycles. The van der Waals surface area contributed by atoms with Gasteiger partial charge in [0.2, 0.25) is 11.8 Å². The highest BCUT2D eigenvalue weighted by Gasteiger charge is 2.24. The monoisotopic (exact) mass is 423 g/mol. The van der Waals surface area contributed by atoms with Crippen LogP contribution in [0.15, 0.2) is 48.5 Å². The third-order valence-corrected chi connectivity index (χ3v) is 5.26. The standard InChI is InChI=1S/C24H29N3O4/c1-16(2)15-22(28)27-13-11-19(12-14-27)26-24(30)18-5-9-21(10-6-18)31-20-7-3-17(4-8-20)23(25)29/h3-10,16,19H,11-15H2,1-2H3,(H2,25,29)(H,26,30). The number of likely N-dealkylation sites (tertiary alicyclic amines) is 1. The van der Waals surface area contributed by atoms with Crippen LogP contribution in [-0.4, -0.2) is 41.8 Å². The van der Waals surface area contributed by atoms with Gasteiger partial charge in [-0.05, 0) is 67.3 Å². The van der Waals surface area contributed by atoms with Crippen LogP contribution in [0, 0.1) is 5.92 Å². The number of piperidine rings is 1. The Morgan fingerprint density at radius 1 is 0.968 bits per heavy atom. The van der Waals surface area contributed by atoms with Gasteiger partial charge in [0, 0.05) is 36.7 Å². The van der Waals surface area contributed by atoms with Crippen LogP contribution in [0.5, 0.6) is 11.5 Å². The molecule has 0 unspecified atom stereocenters. The van der Waals surface area contributed by atoms with Crippen molar-refractivity contribution in [2.24, 2.45) is 11.7 Å². The summed E-state index contributed by atoms with van der Waals surface area (Å²) in [6, 6.07) is 13.5. The maximum Gasteiger partial charge on any atom is 0.251 e. The molecule has 7 heteroatoms. The van der Waals surface area contributed by atoms with Crippen LogP contribution in [0.3, 0.4) is 0 Å². The molecule has 0 radical (unpaired) electrons. The fraction of sp³-hybridized carbons (Fsp3) is 0.375. The molecule has 0 bridgehead atoms. The fourth-order valence-corrected chi connectivity index (χ4v) is 3.52. The van der Waals surface area contributed by atoms with Gasteiger partial charge < -0.3 is 20.7 Å². The molecule has 0 atom stereocenters. The highest BCUT2D eigenvalue weighted by atomic mass is 16.5. The van der Waals surface area contributed by atoms with Gasteiger partial charge in [0.15, 0.2) is 0 Å². The average molecular weight is 424 g/mol. The van der Waals surface area contributed by atoms with E-state index in [9.17, 15) is 14.4 Å². The van der Waals surface area contributed by atoms with E-state index in [2.05, 4.69) is 5.32 Å². The lowest BCUT2D eigenvalue weighted by Crippen LogP contribution is -2.46. The van der Waals surface area contributed by atoms with Crippen LogP contribution in [-0.2, 0) is 4.79 Å². The van der Waals surface area contributed by atoms with Crippen molar-refractivity contribution < 1.29 is 19.1 Å². The van der Waals surface area contributed by atoms with Crippen molar-refractivity contribution in [1.82, 2.24) is 10.2 Å². The number of rotatable bonds is 7. The van der Waals surface area contributed by atoms with Gasteiger partial charge in [-0.15, -0.1) is 0 Å². The van der Waals surface area contributed by atoms with Crippen molar-refractivity contribution in [3.63, 3.8) is 0 Å². The number of benzene rings is 2. The quantitative estimate of drug-likeness (QED) is 0.713. The fourth-order valence-electron chi connectivity index (χ4n) is 3.52. The molecule has 1 saturated heterocycles. The van der Waals surface area contributed by atoms with E-state index in [1.54, 1.807) is 48.5 Å². The van der Waals surface area contributed by atoms with E-state index in [0.717, 1.165) is 12.8 Å². The Hall–Kier alpha value is -3.35. The van der Waals surface area contributed by atoms with Gasteiger partial charge in [-0.25, -0.2) is 0 Å². The summed E-state index contributed by atoms with van der Waals surface area (Å²) in [5.41, 5.74) is 6.19. The van der Waals surface area contributed by atoms with E-state index in [1.807, 2.05) is 18.7 Å². The summed E-state index contributed by atoms with van der Waals surface area (Å²) < 4.78 is 5.74. The summed E-state index contributed by atoms with van der Waals surface area (Å²) in [5, 5.41) is 3.06. The summed E-state index contributed by atoms with van der Waals surface area (Å²) in [6.07, 6.45) is 2.09. The highest BCUT2D eigenvalue weighted by Crippen LogP contribution is 2.22. The van der Waals surface area contributed by atoms with E-state index >= 15 is 0 Å². The topological polar surface area (TPSA) is 102 Å². The molecule has 3 rings (SSSR count). The second-order valence-electron chi connectivity index (χ2n) is 8.24. The first-order valence-corrected chi connectivity index (χ1v) is 10.6. The predicted octanol–water partition coefficient (Wildman–Crippen LogP) is 3.34. The molecule has 1 aliphatic heterocycles. The van der Waals surface area contributed by atoms with Crippen molar-refractivity contribution in [1.29, 1.82) is 0 Å². The van der Waals surface area contributed by atoms with Crippen LogP contribution in [0.2, 0.25) is 0 Å². The number of nitrogens with one attached hydrogen (secondary N) is 1. The van der Waals surface area contributed by atoms with Gasteiger partial charge in [-0.2, -0.15) is 0 Å². The molecule has 3 amide bonds. The van der Waals surface area contributed by atoms with E-state index in [1.165, 1.54) is 0 Å². The molecule has 1 fully saturated rings. The van der Waals surface area contributed by atoms with Crippen LogP contribution < -0.4 is 15.8 Å². The van der Waals surface area contributed by atoms with E-state index in [-0.39, 0.29) is 17.9 Å². The number of nitrogens with zero attached hydrogens (tertiary/aromatic N) is 1. The SMILES string of the molecule is CC(C)CC(=O)N1CCC(NC(=O)c2ccc(Oc3ccc(C(N)=O)cc3)cc2)CC1. The molecule has 2 aromatic rings. The van der Waals surface area contributed by atoms with Crippen LogP contribution >= 0.6 is 0 Å². The normalized spacial score (nSPS) is 14.4. The molecule has 0 aromatic heterocycles. The molecule has 0 spiro atoms. The van der Waals surface area contributed by atoms with Crippen LogP contribution in [0.1, 0.15) is 53.8 Å². The van der Waals surface area contributed by atoms with E-state index in [4.69, 9.17) is 10.5 Å². The van der Waals surface area contributed by atoms with Crippen molar-refractivity contribution in [3.8, 4) is 11.5 Å². The minimum atomic E-state index is -0.491. The first-order valence-electron chi connectivity index (χ1n) is 10.6. The summed E-state index contributed by atoms with van der Waals surface area (Å²) in [7, 11) is 0. The van der Waals surface area contributed by atoms with Crippen LogP contribution in [0.25, 0.3) is 0 Å². The smallest absolute Gasteiger partial charge is 0.251 e. The van der Waals surface area contributed by atoms with Crippen LogP contribution in [0.4, 0.5) is 0 Å². The Bertz CT molecular complexity index is 915. The maximum atomic E-state index is 12.6. The van der Waals surface area contributed by atoms with Crippen molar-refractivity contribution in [2.45, 2.75) is 39.2 Å². The Morgan fingerprint density at radius 2 is 1.48 bits per heavy atom. The molecule has 1 heterocycles.